The third-order valence-electron chi connectivity index (χ3n) is 4.57. The van der Waals surface area contributed by atoms with Crippen molar-refractivity contribution in [2.24, 2.45) is 0 Å². The maximum atomic E-state index is 12.1. The minimum atomic E-state index is -1.01. The molecule has 1 aromatic heterocycles. The number of carbonyl (C=O) groups excluding carboxylic acids is 1. The van der Waals surface area contributed by atoms with Crippen molar-refractivity contribution >= 4 is 22.8 Å². The second-order valence-electron chi connectivity index (χ2n) is 6.79. The average Bonchev–Trinajstić information content (AvgIpc) is 3.08. The molecule has 0 bridgehead atoms. The summed E-state index contributed by atoms with van der Waals surface area (Å²) < 4.78 is 5.10. The summed E-state index contributed by atoms with van der Waals surface area (Å²) in [6.07, 6.45) is 3.83. The van der Waals surface area contributed by atoms with Gasteiger partial charge in [-0.3, -0.25) is 4.79 Å². The monoisotopic (exact) mass is 380 g/mol. The van der Waals surface area contributed by atoms with Gasteiger partial charge in [-0.1, -0.05) is 23.8 Å². The van der Waals surface area contributed by atoms with Crippen molar-refractivity contribution in [3.63, 3.8) is 0 Å². The van der Waals surface area contributed by atoms with Gasteiger partial charge in [-0.2, -0.15) is 0 Å². The first-order chi connectivity index (χ1) is 13.5. The van der Waals surface area contributed by atoms with Crippen molar-refractivity contribution < 1.29 is 19.4 Å². The fraction of sp³-hybridized carbons (Fsp3) is 0.273. The van der Waals surface area contributed by atoms with E-state index in [4.69, 9.17) is 9.84 Å². The molecule has 28 heavy (non-hydrogen) atoms. The summed E-state index contributed by atoms with van der Waals surface area (Å²) in [5, 5.41) is 12.7. The zero-order valence-electron chi connectivity index (χ0n) is 15.8. The summed E-state index contributed by atoms with van der Waals surface area (Å²) in [5.41, 5.74) is 4.51. The molecule has 0 fully saturated rings. The van der Waals surface area contributed by atoms with Crippen LogP contribution in [0.4, 0.5) is 0 Å². The molecular formula is C22H24N2O4. The number of amides is 1. The van der Waals surface area contributed by atoms with E-state index in [-0.39, 0.29) is 12.5 Å². The number of hydrogen-bond acceptors (Lipinski definition) is 3. The van der Waals surface area contributed by atoms with E-state index in [2.05, 4.69) is 35.4 Å². The van der Waals surface area contributed by atoms with Gasteiger partial charge in [-0.05, 0) is 55.2 Å². The molecule has 0 aliphatic carbocycles. The lowest BCUT2D eigenvalue weighted by molar-refractivity contribution is -0.139. The van der Waals surface area contributed by atoms with Crippen molar-refractivity contribution in [2.45, 2.75) is 26.2 Å². The number of aromatic amines is 1. The van der Waals surface area contributed by atoms with Gasteiger partial charge in [0.15, 0.2) is 6.61 Å². The minimum absolute atomic E-state index is 0.0309. The van der Waals surface area contributed by atoms with Crippen LogP contribution in [-0.2, 0) is 22.4 Å². The van der Waals surface area contributed by atoms with E-state index in [1.807, 2.05) is 18.3 Å². The predicted octanol–water partition coefficient (Wildman–Crippen LogP) is 3.23. The molecule has 3 rings (SSSR count). The van der Waals surface area contributed by atoms with E-state index in [1.54, 1.807) is 12.1 Å². The smallest absolute Gasteiger partial charge is 0.341 e. The van der Waals surface area contributed by atoms with E-state index in [9.17, 15) is 9.59 Å². The highest BCUT2D eigenvalue weighted by molar-refractivity contribution is 5.84. The first-order valence-corrected chi connectivity index (χ1v) is 9.28. The summed E-state index contributed by atoms with van der Waals surface area (Å²) in [6, 6.07) is 13.5. The Labute approximate surface area is 163 Å². The number of rotatable bonds is 9. The molecule has 0 saturated carbocycles. The lowest BCUT2D eigenvalue weighted by Gasteiger charge is -2.07. The number of ether oxygens (including phenoxy) is 1. The lowest BCUT2D eigenvalue weighted by Crippen LogP contribution is -2.25. The van der Waals surface area contributed by atoms with Crippen LogP contribution in [0, 0.1) is 6.92 Å². The standard InChI is InChI=1S/C22H24N2O4/c1-15-2-8-20-19(12-15)17(13-24-20)5-9-21(25)23-11-10-16-3-6-18(7-4-16)28-14-22(26)27/h2-4,6-8,12-13,24H,5,9-11,14H2,1H3,(H,23,25)(H,26,27). The number of hydrogen-bond donors (Lipinski definition) is 3. The zero-order chi connectivity index (χ0) is 19.9. The largest absolute Gasteiger partial charge is 0.482 e. The van der Waals surface area contributed by atoms with Crippen LogP contribution >= 0.6 is 0 Å². The molecular weight excluding hydrogens is 356 g/mol. The number of H-pyrrole nitrogens is 1. The fourth-order valence-electron chi connectivity index (χ4n) is 3.08. The number of aliphatic carboxylic acids is 1. The van der Waals surface area contributed by atoms with Gasteiger partial charge in [0.2, 0.25) is 5.91 Å². The fourth-order valence-corrected chi connectivity index (χ4v) is 3.08. The quantitative estimate of drug-likeness (QED) is 0.531. The number of aryl methyl sites for hydroxylation is 2. The molecule has 0 atom stereocenters. The third kappa shape index (κ3) is 5.36. The van der Waals surface area contributed by atoms with Crippen LogP contribution in [0.2, 0.25) is 0 Å². The average molecular weight is 380 g/mol. The molecule has 6 heteroatoms. The first-order valence-electron chi connectivity index (χ1n) is 9.28. The summed E-state index contributed by atoms with van der Waals surface area (Å²) in [5.74, 6) is -0.456. The number of carboxylic acid groups (broad SMARTS) is 1. The Morgan fingerprint density at radius 3 is 2.64 bits per heavy atom. The number of nitrogens with one attached hydrogen (secondary N) is 2. The molecule has 0 spiro atoms. The Morgan fingerprint density at radius 2 is 1.89 bits per heavy atom. The van der Waals surface area contributed by atoms with Crippen LogP contribution in [0.1, 0.15) is 23.1 Å². The molecule has 0 radical (unpaired) electrons. The van der Waals surface area contributed by atoms with Gasteiger partial charge in [-0.25, -0.2) is 4.79 Å². The first kappa shape index (κ1) is 19.5. The van der Waals surface area contributed by atoms with Crippen LogP contribution in [0.5, 0.6) is 5.75 Å². The topological polar surface area (TPSA) is 91.4 Å². The number of fused-ring (bicyclic) bond motifs is 1. The highest BCUT2D eigenvalue weighted by Crippen LogP contribution is 2.20. The van der Waals surface area contributed by atoms with Crippen LogP contribution in [-0.4, -0.2) is 35.1 Å². The van der Waals surface area contributed by atoms with Crippen molar-refractivity contribution in [3.8, 4) is 5.75 Å². The molecule has 3 aromatic rings. The van der Waals surface area contributed by atoms with Crippen molar-refractivity contribution in [2.75, 3.05) is 13.2 Å². The second kappa shape index (κ2) is 9.08. The van der Waals surface area contributed by atoms with Gasteiger partial charge in [0.05, 0.1) is 0 Å². The number of carboxylic acids is 1. The summed E-state index contributed by atoms with van der Waals surface area (Å²) in [4.78, 5) is 25.9. The highest BCUT2D eigenvalue weighted by Gasteiger charge is 2.07. The van der Waals surface area contributed by atoms with Crippen molar-refractivity contribution in [3.05, 3.63) is 65.4 Å². The highest BCUT2D eigenvalue weighted by atomic mass is 16.5. The summed E-state index contributed by atoms with van der Waals surface area (Å²) in [6.45, 7) is 2.26. The minimum Gasteiger partial charge on any atom is -0.482 e. The number of carbonyl (C=O) groups is 2. The maximum absolute atomic E-state index is 12.1. The Hall–Kier alpha value is -3.28. The third-order valence-corrected chi connectivity index (χ3v) is 4.57. The second-order valence-corrected chi connectivity index (χ2v) is 6.79. The van der Waals surface area contributed by atoms with Gasteiger partial charge < -0.3 is 20.1 Å². The molecule has 2 aromatic carbocycles. The van der Waals surface area contributed by atoms with Gasteiger partial charge in [0.1, 0.15) is 5.75 Å². The Bertz CT molecular complexity index is 960. The van der Waals surface area contributed by atoms with Gasteiger partial charge >= 0.3 is 5.97 Å². The molecule has 1 heterocycles. The molecule has 0 saturated heterocycles. The molecule has 3 N–H and O–H groups in total. The zero-order valence-corrected chi connectivity index (χ0v) is 15.8. The van der Waals surface area contributed by atoms with E-state index >= 15 is 0 Å². The Morgan fingerprint density at radius 1 is 1.11 bits per heavy atom. The maximum Gasteiger partial charge on any atom is 0.341 e. The van der Waals surface area contributed by atoms with E-state index in [0.29, 0.717) is 31.6 Å². The number of aromatic nitrogens is 1. The van der Waals surface area contributed by atoms with E-state index < -0.39 is 5.97 Å². The van der Waals surface area contributed by atoms with E-state index in [0.717, 1.165) is 16.6 Å². The van der Waals surface area contributed by atoms with Crippen molar-refractivity contribution in [1.29, 1.82) is 0 Å². The van der Waals surface area contributed by atoms with Crippen molar-refractivity contribution in [1.82, 2.24) is 10.3 Å². The van der Waals surface area contributed by atoms with Crippen LogP contribution in [0.15, 0.2) is 48.7 Å². The summed E-state index contributed by atoms with van der Waals surface area (Å²) in [7, 11) is 0. The number of benzene rings is 2. The van der Waals surface area contributed by atoms with Crippen LogP contribution in [0.25, 0.3) is 10.9 Å². The van der Waals surface area contributed by atoms with Crippen LogP contribution < -0.4 is 10.1 Å². The van der Waals surface area contributed by atoms with Crippen LogP contribution in [0.3, 0.4) is 0 Å². The Balaban J connectivity index is 1.42. The molecule has 0 aliphatic rings. The molecule has 0 aliphatic heterocycles. The normalized spacial score (nSPS) is 10.8. The molecule has 1 amide bonds. The van der Waals surface area contributed by atoms with Gasteiger partial charge in [0, 0.05) is 30.1 Å². The summed E-state index contributed by atoms with van der Waals surface area (Å²) >= 11 is 0. The molecule has 146 valence electrons. The SMILES string of the molecule is Cc1ccc2[nH]cc(CCC(=O)NCCc3ccc(OCC(=O)O)cc3)c2c1. The molecule has 6 nitrogen and oxygen atoms in total. The van der Waals surface area contributed by atoms with E-state index in [1.165, 1.54) is 10.9 Å². The predicted molar refractivity (Wildman–Crippen MR) is 108 cm³/mol. The Kier molecular flexibility index (Phi) is 6.32. The molecule has 0 unspecified atom stereocenters. The van der Waals surface area contributed by atoms with Gasteiger partial charge in [0.25, 0.3) is 0 Å². The lowest BCUT2D eigenvalue weighted by atomic mass is 10.1. The van der Waals surface area contributed by atoms with Gasteiger partial charge in [-0.15, -0.1) is 0 Å².